The Kier molecular flexibility index (Phi) is 6.63. The molecule has 0 heterocycles. The van der Waals surface area contributed by atoms with Crippen molar-refractivity contribution < 1.29 is 12.4 Å². The summed E-state index contributed by atoms with van der Waals surface area (Å²) in [6, 6.07) is 21.5. The predicted octanol–water partition coefficient (Wildman–Crippen LogP) is -0.223. The van der Waals surface area contributed by atoms with Gasteiger partial charge in [-0.15, -0.1) is 35.9 Å². The molecule has 14 heavy (non-hydrogen) atoms. The summed E-state index contributed by atoms with van der Waals surface area (Å²) in [4.78, 5) is 0. The second kappa shape index (κ2) is 6.88. The largest absolute Gasteiger partial charge is 2.00 e. The van der Waals surface area contributed by atoms with Crippen molar-refractivity contribution in [1.82, 2.24) is 0 Å². The zero-order chi connectivity index (χ0) is 8.23. The molecule has 0 unspecified atom stereocenters. The van der Waals surface area contributed by atoms with Crippen LogP contribution in [0.3, 0.4) is 0 Å². The van der Waals surface area contributed by atoms with Gasteiger partial charge in [0.1, 0.15) is 0 Å². The third-order valence-corrected chi connectivity index (χ3v) is 1.79. The van der Waals surface area contributed by atoms with Crippen LogP contribution in [0.1, 0.15) is 0 Å². The van der Waals surface area contributed by atoms with Gasteiger partial charge in [0.15, 0.2) is 0 Å². The predicted molar refractivity (Wildman–Crippen MR) is 56.5 cm³/mol. The van der Waals surface area contributed by atoms with Gasteiger partial charge in [0.05, 0.1) is 0 Å². The number of hydrogen-bond acceptors (Lipinski definition) is 0. The van der Waals surface area contributed by atoms with Crippen LogP contribution in [0.5, 0.6) is 0 Å². The summed E-state index contributed by atoms with van der Waals surface area (Å²) in [5.41, 5.74) is 2.37. The van der Waals surface area contributed by atoms with Gasteiger partial charge < -0.3 is 12.4 Å². The maximum atomic E-state index is 3.18. The molecule has 0 saturated carbocycles. The van der Waals surface area contributed by atoms with E-state index in [1.807, 2.05) is 36.4 Å². The minimum absolute atomic E-state index is 0. The third-order valence-electron chi connectivity index (χ3n) is 1.79. The van der Waals surface area contributed by atoms with Crippen molar-refractivity contribution in [3.05, 3.63) is 60.7 Å². The molecule has 0 atom stereocenters. The maximum Gasteiger partial charge on any atom is 2.00 e. The van der Waals surface area contributed by atoms with Crippen molar-refractivity contribution in [2.45, 2.75) is 0 Å². The van der Waals surface area contributed by atoms with Gasteiger partial charge in [-0.2, -0.15) is 0 Å². The molecule has 0 spiro atoms. The van der Waals surface area contributed by atoms with Crippen LogP contribution >= 0.6 is 0 Å². The summed E-state index contributed by atoms with van der Waals surface area (Å²) < 4.78 is 0. The van der Waals surface area contributed by atoms with E-state index in [4.69, 9.17) is 0 Å². The van der Waals surface area contributed by atoms with E-state index in [1.54, 1.807) is 0 Å². The van der Waals surface area contributed by atoms with Crippen LogP contribution in [0.4, 0.5) is 0 Å². The molecule has 0 radical (unpaired) electrons. The average molecular weight is 213 g/mol. The molecule has 0 fully saturated rings. The quantitative estimate of drug-likeness (QED) is 0.453. The molecule has 0 saturated heterocycles. The van der Waals surface area contributed by atoms with Crippen molar-refractivity contribution >= 4 is 23.1 Å². The van der Waals surface area contributed by atoms with Crippen LogP contribution in [-0.2, 0) is 0 Å². The van der Waals surface area contributed by atoms with Crippen LogP contribution in [0.15, 0.2) is 54.6 Å². The number of hydrogen-bond donors (Lipinski definition) is 0. The van der Waals surface area contributed by atoms with E-state index in [2.05, 4.69) is 24.3 Å². The Bertz CT molecular complexity index is 308. The van der Waals surface area contributed by atoms with E-state index in [9.17, 15) is 0 Å². The molecule has 0 aliphatic heterocycles. The van der Waals surface area contributed by atoms with Gasteiger partial charge in [0.25, 0.3) is 0 Å². The van der Waals surface area contributed by atoms with Crippen molar-refractivity contribution in [3.8, 4) is 11.1 Å². The van der Waals surface area contributed by atoms with Gasteiger partial charge >= 0.3 is 23.1 Å². The Labute approximate surface area is 107 Å². The minimum Gasteiger partial charge on any atom is -1.00 e. The molecular formula is C12H9ClMg. The fourth-order valence-electron chi connectivity index (χ4n) is 1.19. The summed E-state index contributed by atoms with van der Waals surface area (Å²) in [5, 5.41) is 0. The summed E-state index contributed by atoms with van der Waals surface area (Å²) in [6.07, 6.45) is 0. The smallest absolute Gasteiger partial charge is 1.00 e. The van der Waals surface area contributed by atoms with E-state index in [0.29, 0.717) is 0 Å². The molecule has 0 bridgehead atoms. The SMILES string of the molecule is [Cl-].[Mg+2].[c-]1ccccc1-c1ccccc1. The van der Waals surface area contributed by atoms with Gasteiger partial charge in [-0.05, 0) is 0 Å². The normalized spacial score (nSPS) is 8.29. The number of rotatable bonds is 1. The first-order valence-corrected chi connectivity index (χ1v) is 3.99. The molecule has 66 valence electrons. The summed E-state index contributed by atoms with van der Waals surface area (Å²) in [7, 11) is 0. The topological polar surface area (TPSA) is 0 Å². The molecule has 0 amide bonds. The van der Waals surface area contributed by atoms with Gasteiger partial charge in [0.2, 0.25) is 0 Å². The molecule has 0 aliphatic rings. The van der Waals surface area contributed by atoms with E-state index >= 15 is 0 Å². The molecular weight excluding hydrogens is 204 g/mol. The average Bonchev–Trinajstić information content (AvgIpc) is 2.21. The molecule has 2 rings (SSSR count). The van der Waals surface area contributed by atoms with E-state index < -0.39 is 0 Å². The second-order valence-electron chi connectivity index (χ2n) is 2.64. The van der Waals surface area contributed by atoms with Crippen LogP contribution in [0.2, 0.25) is 0 Å². The fourth-order valence-corrected chi connectivity index (χ4v) is 1.19. The molecule has 0 aromatic heterocycles. The van der Waals surface area contributed by atoms with Gasteiger partial charge in [-0.1, -0.05) is 35.9 Å². The van der Waals surface area contributed by atoms with Gasteiger partial charge in [-0.25, -0.2) is 0 Å². The summed E-state index contributed by atoms with van der Waals surface area (Å²) in [5.74, 6) is 0. The Morgan fingerprint density at radius 3 is 2.00 bits per heavy atom. The minimum atomic E-state index is 0. The monoisotopic (exact) mass is 212 g/mol. The first kappa shape index (κ1) is 13.5. The van der Waals surface area contributed by atoms with Crippen LogP contribution in [0, 0.1) is 6.07 Å². The van der Waals surface area contributed by atoms with Crippen molar-refractivity contribution in [1.29, 1.82) is 0 Å². The summed E-state index contributed by atoms with van der Waals surface area (Å²) in [6.45, 7) is 0. The Hall–Kier alpha value is -0.504. The molecule has 0 aliphatic carbocycles. The van der Waals surface area contributed by atoms with Crippen molar-refractivity contribution in [2.75, 3.05) is 0 Å². The van der Waals surface area contributed by atoms with Crippen molar-refractivity contribution in [2.24, 2.45) is 0 Å². The zero-order valence-corrected chi connectivity index (χ0v) is 9.95. The standard InChI is InChI=1S/C12H9.ClH.Mg/c1-3-7-11(8-4-1)12-9-5-2-6-10-12;;/h1-9H;1H;/q-1;;+2/p-1. The Morgan fingerprint density at radius 2 is 1.43 bits per heavy atom. The van der Waals surface area contributed by atoms with Crippen LogP contribution < -0.4 is 12.4 Å². The number of benzene rings is 2. The molecule has 2 aromatic rings. The molecule has 2 aromatic carbocycles. The third kappa shape index (κ3) is 3.33. The zero-order valence-electron chi connectivity index (χ0n) is 7.78. The van der Waals surface area contributed by atoms with Crippen LogP contribution in [-0.4, -0.2) is 23.1 Å². The Balaban J connectivity index is 0.000000845. The number of halogens is 1. The van der Waals surface area contributed by atoms with E-state index in [0.717, 1.165) is 5.56 Å². The van der Waals surface area contributed by atoms with E-state index in [-0.39, 0.29) is 35.5 Å². The fraction of sp³-hybridized carbons (Fsp3) is 0. The van der Waals surface area contributed by atoms with E-state index in [1.165, 1.54) is 5.56 Å². The first-order chi connectivity index (χ1) is 5.97. The van der Waals surface area contributed by atoms with Crippen LogP contribution in [0.25, 0.3) is 11.1 Å². The first-order valence-electron chi connectivity index (χ1n) is 3.99. The molecule has 2 heteroatoms. The maximum absolute atomic E-state index is 3.18. The molecule has 0 N–H and O–H groups in total. The Morgan fingerprint density at radius 1 is 0.786 bits per heavy atom. The van der Waals surface area contributed by atoms with Gasteiger partial charge in [-0.3, -0.25) is 0 Å². The molecule has 0 nitrogen and oxygen atoms in total. The van der Waals surface area contributed by atoms with Crippen molar-refractivity contribution in [3.63, 3.8) is 0 Å². The summed E-state index contributed by atoms with van der Waals surface area (Å²) >= 11 is 0. The second-order valence-corrected chi connectivity index (χ2v) is 2.64. The van der Waals surface area contributed by atoms with Gasteiger partial charge in [0, 0.05) is 0 Å².